The fourth-order valence-corrected chi connectivity index (χ4v) is 3.20. The number of carboxylic acid groups (broad SMARTS) is 1. The Balaban J connectivity index is 2.22. The molecular weight excluding hydrogens is 260 g/mol. The van der Waals surface area contributed by atoms with Crippen molar-refractivity contribution in [1.82, 2.24) is 9.71 Å². The quantitative estimate of drug-likeness (QED) is 0.725. The summed E-state index contributed by atoms with van der Waals surface area (Å²) in [6, 6.07) is 1.09. The number of carboxylic acids is 1. The van der Waals surface area contributed by atoms with Crippen molar-refractivity contribution in [1.29, 1.82) is 0 Å². The molecule has 0 spiro atoms. The molecule has 2 rings (SSSR count). The van der Waals surface area contributed by atoms with Gasteiger partial charge in [0.1, 0.15) is 10.6 Å². The summed E-state index contributed by atoms with van der Waals surface area (Å²) < 4.78 is 31.8. The van der Waals surface area contributed by atoms with Crippen LogP contribution in [0.3, 0.4) is 0 Å². The highest BCUT2D eigenvalue weighted by atomic mass is 32.2. The molecule has 0 amide bonds. The van der Waals surface area contributed by atoms with E-state index >= 15 is 0 Å². The molecule has 0 saturated carbocycles. The van der Waals surface area contributed by atoms with Gasteiger partial charge in [0.15, 0.2) is 0 Å². The molecule has 0 aliphatic carbocycles. The second-order valence-corrected chi connectivity index (χ2v) is 6.21. The second-order valence-electron chi connectivity index (χ2n) is 4.52. The zero-order valence-electron chi connectivity index (χ0n) is 9.76. The van der Waals surface area contributed by atoms with E-state index in [1.165, 1.54) is 0 Å². The lowest BCUT2D eigenvalue weighted by Gasteiger charge is -2.22. The van der Waals surface area contributed by atoms with Crippen LogP contribution in [0.1, 0.15) is 23.8 Å². The molecule has 1 aliphatic heterocycles. The first kappa shape index (κ1) is 13.1. The van der Waals surface area contributed by atoms with Gasteiger partial charge in [0.2, 0.25) is 10.0 Å². The van der Waals surface area contributed by atoms with E-state index in [4.69, 9.17) is 9.84 Å². The van der Waals surface area contributed by atoms with E-state index in [0.29, 0.717) is 19.6 Å². The number of aromatic amines is 1. The molecule has 1 aromatic heterocycles. The molecule has 1 fully saturated rings. The Bertz CT molecular complexity index is 557. The van der Waals surface area contributed by atoms with Crippen LogP contribution >= 0.6 is 0 Å². The molecule has 0 bridgehead atoms. The largest absolute Gasteiger partial charge is 0.477 e. The van der Waals surface area contributed by atoms with Crippen LogP contribution in [-0.4, -0.2) is 43.2 Å². The third kappa shape index (κ3) is 2.55. The van der Waals surface area contributed by atoms with Crippen LogP contribution in [0.15, 0.2) is 17.2 Å². The fraction of sp³-hybridized carbons (Fsp3) is 0.500. The molecule has 1 aromatic rings. The third-order valence-corrected chi connectivity index (χ3v) is 4.41. The maximum Gasteiger partial charge on any atom is 0.352 e. The molecule has 1 saturated heterocycles. The third-order valence-electron chi connectivity index (χ3n) is 2.80. The van der Waals surface area contributed by atoms with E-state index in [-0.39, 0.29) is 10.6 Å². The van der Waals surface area contributed by atoms with Gasteiger partial charge in [-0.05, 0) is 19.4 Å². The predicted molar refractivity (Wildman–Crippen MR) is 61.9 cm³/mol. The maximum absolute atomic E-state index is 12.0. The highest BCUT2D eigenvalue weighted by Gasteiger charge is 2.35. The highest BCUT2D eigenvalue weighted by molar-refractivity contribution is 7.89. The summed E-state index contributed by atoms with van der Waals surface area (Å²) in [6.07, 6.45) is 1.74. The first-order valence-electron chi connectivity index (χ1n) is 5.36. The van der Waals surface area contributed by atoms with Gasteiger partial charge in [0, 0.05) is 12.8 Å². The van der Waals surface area contributed by atoms with Gasteiger partial charge in [-0.1, -0.05) is 0 Å². The van der Waals surface area contributed by atoms with Crippen LogP contribution < -0.4 is 4.72 Å². The normalized spacial score (nSPS) is 24.3. The van der Waals surface area contributed by atoms with E-state index < -0.39 is 21.5 Å². The Hall–Kier alpha value is -1.38. The number of sulfonamides is 1. The summed E-state index contributed by atoms with van der Waals surface area (Å²) in [4.78, 5) is 13.0. The van der Waals surface area contributed by atoms with Crippen molar-refractivity contribution in [2.45, 2.75) is 23.8 Å². The Kier molecular flexibility index (Phi) is 3.18. The van der Waals surface area contributed by atoms with Crippen LogP contribution in [0.25, 0.3) is 0 Å². The Morgan fingerprint density at radius 2 is 2.33 bits per heavy atom. The van der Waals surface area contributed by atoms with Crippen molar-refractivity contribution in [3.63, 3.8) is 0 Å². The van der Waals surface area contributed by atoms with E-state index in [0.717, 1.165) is 12.3 Å². The van der Waals surface area contributed by atoms with Gasteiger partial charge in [-0.25, -0.2) is 17.9 Å². The second kappa shape index (κ2) is 4.38. The number of hydrogen-bond donors (Lipinski definition) is 3. The summed E-state index contributed by atoms with van der Waals surface area (Å²) in [5, 5.41) is 8.73. The molecule has 8 heteroatoms. The molecule has 18 heavy (non-hydrogen) atoms. The first-order valence-corrected chi connectivity index (χ1v) is 6.84. The number of nitrogens with one attached hydrogen (secondary N) is 2. The molecule has 0 radical (unpaired) electrons. The number of aromatic carboxylic acids is 1. The lowest BCUT2D eigenvalue weighted by Crippen LogP contribution is -2.46. The fourth-order valence-electron chi connectivity index (χ4n) is 1.78. The van der Waals surface area contributed by atoms with Crippen molar-refractivity contribution >= 4 is 16.0 Å². The summed E-state index contributed by atoms with van der Waals surface area (Å²) in [7, 11) is -3.74. The van der Waals surface area contributed by atoms with Gasteiger partial charge in [-0.2, -0.15) is 0 Å². The van der Waals surface area contributed by atoms with Crippen LogP contribution in [0, 0.1) is 0 Å². The van der Waals surface area contributed by atoms with E-state index in [2.05, 4.69) is 9.71 Å². The molecule has 1 aliphatic rings. The number of rotatable bonds is 4. The number of hydrogen-bond acceptors (Lipinski definition) is 4. The molecule has 7 nitrogen and oxygen atoms in total. The van der Waals surface area contributed by atoms with Crippen LogP contribution in [0.2, 0.25) is 0 Å². The van der Waals surface area contributed by atoms with Gasteiger partial charge in [-0.3, -0.25) is 0 Å². The first-order chi connectivity index (χ1) is 8.32. The number of aromatic nitrogens is 1. The highest BCUT2D eigenvalue weighted by Crippen LogP contribution is 2.21. The topological polar surface area (TPSA) is 108 Å². The van der Waals surface area contributed by atoms with Gasteiger partial charge in [0.25, 0.3) is 0 Å². The standard InChI is InChI=1S/C10H14N2O5S/c1-10(2-3-17-6-10)12-18(15,16)7-4-8(9(13)14)11-5-7/h4-5,11-12H,2-3,6H2,1H3,(H,13,14). The van der Waals surface area contributed by atoms with Gasteiger partial charge in [0.05, 0.1) is 12.1 Å². The number of carbonyl (C=O) groups is 1. The minimum absolute atomic E-state index is 0.0898. The zero-order valence-corrected chi connectivity index (χ0v) is 10.6. The molecule has 0 aromatic carbocycles. The van der Waals surface area contributed by atoms with Crippen LogP contribution in [-0.2, 0) is 14.8 Å². The van der Waals surface area contributed by atoms with Crippen molar-refractivity contribution in [3.8, 4) is 0 Å². The number of ether oxygens (including phenoxy) is 1. The Labute approximate surface area is 104 Å². The molecule has 1 atom stereocenters. The average molecular weight is 274 g/mol. The minimum atomic E-state index is -3.74. The van der Waals surface area contributed by atoms with Gasteiger partial charge >= 0.3 is 5.97 Å². The van der Waals surface area contributed by atoms with Crippen molar-refractivity contribution in [2.24, 2.45) is 0 Å². The van der Waals surface area contributed by atoms with Crippen molar-refractivity contribution in [3.05, 3.63) is 18.0 Å². The molecule has 1 unspecified atom stereocenters. The predicted octanol–water partition coefficient (Wildman–Crippen LogP) is 0.170. The Morgan fingerprint density at radius 1 is 1.61 bits per heavy atom. The van der Waals surface area contributed by atoms with E-state index in [1.807, 2.05) is 0 Å². The lowest BCUT2D eigenvalue weighted by molar-refractivity contribution is 0.0691. The summed E-state index contributed by atoms with van der Waals surface area (Å²) >= 11 is 0. The monoisotopic (exact) mass is 274 g/mol. The summed E-state index contributed by atoms with van der Waals surface area (Å²) in [5.41, 5.74) is -0.803. The molecule has 2 heterocycles. The molecule has 3 N–H and O–H groups in total. The van der Waals surface area contributed by atoms with E-state index in [9.17, 15) is 13.2 Å². The summed E-state index contributed by atoms with van der Waals surface area (Å²) in [5.74, 6) is -1.20. The minimum Gasteiger partial charge on any atom is -0.477 e. The smallest absolute Gasteiger partial charge is 0.352 e. The van der Waals surface area contributed by atoms with E-state index in [1.54, 1.807) is 6.92 Å². The maximum atomic E-state index is 12.0. The van der Waals surface area contributed by atoms with Crippen LogP contribution in [0.5, 0.6) is 0 Å². The molecular formula is C10H14N2O5S. The van der Waals surface area contributed by atoms with Crippen LogP contribution in [0.4, 0.5) is 0 Å². The zero-order chi connectivity index (χ0) is 13.4. The van der Waals surface area contributed by atoms with Gasteiger partial charge in [-0.15, -0.1) is 0 Å². The van der Waals surface area contributed by atoms with Gasteiger partial charge < -0.3 is 14.8 Å². The SMILES string of the molecule is CC1(NS(=O)(=O)c2c[nH]c(C(=O)O)c2)CCOC1. The molecule has 100 valence electrons. The number of H-pyrrole nitrogens is 1. The average Bonchev–Trinajstić information content (AvgIpc) is 2.85. The summed E-state index contributed by atoms with van der Waals surface area (Å²) in [6.45, 7) is 2.57. The van der Waals surface area contributed by atoms with Crippen molar-refractivity contribution < 1.29 is 23.1 Å². The Morgan fingerprint density at radius 3 is 2.83 bits per heavy atom. The lowest BCUT2D eigenvalue weighted by atomic mass is 10.0. The van der Waals surface area contributed by atoms with Crippen molar-refractivity contribution in [2.75, 3.05) is 13.2 Å².